The molecule has 0 saturated carbocycles. The van der Waals surface area contributed by atoms with E-state index in [0.29, 0.717) is 5.71 Å². The van der Waals surface area contributed by atoms with Crippen LogP contribution in [0.2, 0.25) is 0 Å². The third-order valence-corrected chi connectivity index (χ3v) is 4.18. The van der Waals surface area contributed by atoms with Crippen molar-refractivity contribution in [3.8, 4) is 0 Å². The molecule has 0 fully saturated rings. The highest BCUT2D eigenvalue weighted by molar-refractivity contribution is 7.89. The van der Waals surface area contributed by atoms with Crippen LogP contribution in [-0.4, -0.2) is 14.1 Å². The molecule has 2 rings (SSSR count). The molecule has 1 N–H and O–H groups in total. The van der Waals surface area contributed by atoms with Gasteiger partial charge in [0.2, 0.25) is 0 Å². The summed E-state index contributed by atoms with van der Waals surface area (Å²) in [5, 5.41) is 4.12. The monoisotopic (exact) mass is 302 g/mol. The number of rotatable bonds is 5. The van der Waals surface area contributed by atoms with E-state index in [4.69, 9.17) is 0 Å². The maximum absolute atomic E-state index is 12.2. The SMILES string of the molecule is CC(C)/C(=N\NS(=O)(=O)c1ccccc1)c1ccccc1. The van der Waals surface area contributed by atoms with Crippen molar-refractivity contribution < 1.29 is 8.42 Å². The van der Waals surface area contributed by atoms with Crippen LogP contribution in [0.3, 0.4) is 0 Å². The van der Waals surface area contributed by atoms with Crippen LogP contribution < -0.4 is 4.83 Å². The fraction of sp³-hybridized carbons (Fsp3) is 0.188. The Labute approximate surface area is 125 Å². The molecule has 0 atom stereocenters. The molecule has 4 nitrogen and oxygen atoms in total. The fourth-order valence-corrected chi connectivity index (χ4v) is 2.74. The van der Waals surface area contributed by atoms with E-state index in [-0.39, 0.29) is 10.8 Å². The van der Waals surface area contributed by atoms with Gasteiger partial charge in [-0.2, -0.15) is 18.4 Å². The van der Waals surface area contributed by atoms with Gasteiger partial charge in [-0.05, 0) is 23.6 Å². The van der Waals surface area contributed by atoms with E-state index in [2.05, 4.69) is 9.93 Å². The molecule has 0 aliphatic heterocycles. The van der Waals surface area contributed by atoms with Crippen molar-refractivity contribution in [3.63, 3.8) is 0 Å². The molecule has 0 radical (unpaired) electrons. The highest BCUT2D eigenvalue weighted by Gasteiger charge is 2.14. The summed E-state index contributed by atoms with van der Waals surface area (Å²) in [6, 6.07) is 17.7. The summed E-state index contributed by atoms with van der Waals surface area (Å²) in [6.07, 6.45) is 0. The Balaban J connectivity index is 2.29. The van der Waals surface area contributed by atoms with E-state index in [9.17, 15) is 8.42 Å². The number of nitrogens with zero attached hydrogens (tertiary/aromatic N) is 1. The van der Waals surface area contributed by atoms with Gasteiger partial charge in [0, 0.05) is 0 Å². The molecule has 0 bridgehead atoms. The molecular weight excluding hydrogens is 284 g/mol. The van der Waals surface area contributed by atoms with Crippen molar-refractivity contribution in [2.75, 3.05) is 0 Å². The zero-order valence-electron chi connectivity index (χ0n) is 12.0. The number of nitrogens with one attached hydrogen (secondary N) is 1. The third-order valence-electron chi connectivity index (χ3n) is 2.96. The lowest BCUT2D eigenvalue weighted by Crippen LogP contribution is -2.22. The predicted molar refractivity (Wildman–Crippen MR) is 84.6 cm³/mol. The molecule has 21 heavy (non-hydrogen) atoms. The lowest BCUT2D eigenvalue weighted by molar-refractivity contribution is 0.584. The zero-order chi connectivity index (χ0) is 15.3. The second-order valence-corrected chi connectivity index (χ2v) is 6.59. The topological polar surface area (TPSA) is 58.5 Å². The maximum atomic E-state index is 12.2. The van der Waals surface area contributed by atoms with Crippen molar-refractivity contribution in [1.82, 2.24) is 4.83 Å². The summed E-state index contributed by atoms with van der Waals surface area (Å²) in [6.45, 7) is 3.95. The Hall–Kier alpha value is -2.14. The molecule has 0 aliphatic carbocycles. The van der Waals surface area contributed by atoms with Gasteiger partial charge < -0.3 is 0 Å². The minimum atomic E-state index is -3.63. The van der Waals surface area contributed by atoms with Crippen LogP contribution in [-0.2, 0) is 10.0 Å². The van der Waals surface area contributed by atoms with Crippen LogP contribution in [0.5, 0.6) is 0 Å². The van der Waals surface area contributed by atoms with Crippen LogP contribution in [0, 0.1) is 5.92 Å². The van der Waals surface area contributed by atoms with Gasteiger partial charge in [0.05, 0.1) is 10.6 Å². The van der Waals surface area contributed by atoms with Crippen molar-refractivity contribution in [3.05, 3.63) is 66.2 Å². The first-order valence-corrected chi connectivity index (χ1v) is 8.19. The zero-order valence-corrected chi connectivity index (χ0v) is 12.8. The van der Waals surface area contributed by atoms with E-state index >= 15 is 0 Å². The highest BCUT2D eigenvalue weighted by atomic mass is 32.2. The van der Waals surface area contributed by atoms with E-state index in [1.54, 1.807) is 18.2 Å². The summed E-state index contributed by atoms with van der Waals surface area (Å²) in [7, 11) is -3.63. The van der Waals surface area contributed by atoms with Crippen LogP contribution in [0.4, 0.5) is 0 Å². The Morgan fingerprint density at radius 3 is 2.00 bits per heavy atom. The fourth-order valence-electron chi connectivity index (χ4n) is 1.90. The second-order valence-electron chi connectivity index (χ2n) is 4.93. The summed E-state index contributed by atoms with van der Waals surface area (Å²) >= 11 is 0. The van der Waals surface area contributed by atoms with Gasteiger partial charge in [0.25, 0.3) is 10.0 Å². The first-order valence-electron chi connectivity index (χ1n) is 6.70. The van der Waals surface area contributed by atoms with Crippen LogP contribution in [0.15, 0.2) is 70.7 Å². The van der Waals surface area contributed by atoms with Crippen LogP contribution in [0.25, 0.3) is 0 Å². The molecule has 2 aromatic carbocycles. The van der Waals surface area contributed by atoms with E-state index < -0.39 is 10.0 Å². The van der Waals surface area contributed by atoms with Gasteiger partial charge in [0.15, 0.2) is 0 Å². The Kier molecular flexibility index (Phi) is 4.75. The number of sulfonamides is 1. The van der Waals surface area contributed by atoms with Crippen molar-refractivity contribution in [2.24, 2.45) is 11.0 Å². The molecular formula is C16H18N2O2S. The Morgan fingerprint density at radius 2 is 1.48 bits per heavy atom. The molecule has 0 heterocycles. The normalized spacial score (nSPS) is 12.4. The van der Waals surface area contributed by atoms with Gasteiger partial charge in [-0.25, -0.2) is 0 Å². The van der Waals surface area contributed by atoms with E-state index in [1.165, 1.54) is 12.1 Å². The number of hydrogen-bond acceptors (Lipinski definition) is 3. The molecule has 5 heteroatoms. The van der Waals surface area contributed by atoms with Crippen LogP contribution >= 0.6 is 0 Å². The van der Waals surface area contributed by atoms with E-state index in [1.807, 2.05) is 44.2 Å². The predicted octanol–water partition coefficient (Wildman–Crippen LogP) is 3.03. The summed E-state index contributed by atoms with van der Waals surface area (Å²) in [5.74, 6) is 0.103. The molecule has 110 valence electrons. The largest absolute Gasteiger partial charge is 0.276 e. The van der Waals surface area contributed by atoms with Crippen molar-refractivity contribution in [1.29, 1.82) is 0 Å². The minimum Gasteiger partial charge on any atom is -0.200 e. The molecule has 0 saturated heterocycles. The molecule has 0 unspecified atom stereocenters. The van der Waals surface area contributed by atoms with Gasteiger partial charge in [-0.15, -0.1) is 0 Å². The molecule has 0 aliphatic rings. The number of hydrogen-bond donors (Lipinski definition) is 1. The van der Waals surface area contributed by atoms with Gasteiger partial charge in [-0.1, -0.05) is 62.4 Å². The highest BCUT2D eigenvalue weighted by Crippen LogP contribution is 2.11. The standard InChI is InChI=1S/C16H18N2O2S/c1-13(2)16(14-9-5-3-6-10-14)17-18-21(19,20)15-11-7-4-8-12-15/h3-13,18H,1-2H3/b17-16+. The molecule has 0 amide bonds. The number of benzene rings is 2. The quantitative estimate of drug-likeness (QED) is 0.682. The lowest BCUT2D eigenvalue weighted by atomic mass is 10.0. The van der Waals surface area contributed by atoms with E-state index in [0.717, 1.165) is 5.56 Å². The van der Waals surface area contributed by atoms with Gasteiger partial charge >= 0.3 is 0 Å². The first-order chi connectivity index (χ1) is 10.0. The molecule has 0 spiro atoms. The average Bonchev–Trinajstić information content (AvgIpc) is 2.49. The summed E-state index contributed by atoms with van der Waals surface area (Å²) in [5.41, 5.74) is 1.61. The van der Waals surface area contributed by atoms with Gasteiger partial charge in [-0.3, -0.25) is 0 Å². The molecule has 2 aromatic rings. The minimum absolute atomic E-state index is 0.103. The number of hydrazone groups is 1. The second kappa shape index (κ2) is 6.54. The summed E-state index contributed by atoms with van der Waals surface area (Å²) < 4.78 is 24.3. The first kappa shape index (κ1) is 15.3. The van der Waals surface area contributed by atoms with Crippen LogP contribution in [0.1, 0.15) is 19.4 Å². The van der Waals surface area contributed by atoms with Gasteiger partial charge in [0.1, 0.15) is 0 Å². The maximum Gasteiger partial charge on any atom is 0.276 e. The Bertz CT molecular complexity index is 708. The van der Waals surface area contributed by atoms with Crippen molar-refractivity contribution >= 4 is 15.7 Å². The summed E-state index contributed by atoms with van der Waals surface area (Å²) in [4.78, 5) is 2.51. The molecule has 0 aromatic heterocycles. The third kappa shape index (κ3) is 3.92. The average molecular weight is 302 g/mol. The smallest absolute Gasteiger partial charge is 0.200 e. The lowest BCUT2D eigenvalue weighted by Gasteiger charge is -2.11. The Morgan fingerprint density at radius 1 is 0.952 bits per heavy atom. The van der Waals surface area contributed by atoms with Crippen molar-refractivity contribution in [2.45, 2.75) is 18.7 Å².